The van der Waals surface area contributed by atoms with Gasteiger partial charge in [-0.15, -0.1) is 0 Å². The second-order valence-electron chi connectivity index (χ2n) is 5.95. The third kappa shape index (κ3) is 2.70. The summed E-state index contributed by atoms with van der Waals surface area (Å²) in [5, 5.41) is 0. The smallest absolute Gasteiger partial charge is 0.128 e. The number of aromatic nitrogens is 1. The zero-order valence-corrected chi connectivity index (χ0v) is 12.9. The van der Waals surface area contributed by atoms with Gasteiger partial charge in [0.2, 0.25) is 0 Å². The first-order chi connectivity index (χ1) is 11.3. The number of aryl methyl sites for hydroxylation is 1. The first-order valence-corrected chi connectivity index (χ1v) is 7.99. The van der Waals surface area contributed by atoms with E-state index >= 15 is 0 Å². The van der Waals surface area contributed by atoms with E-state index in [1.165, 1.54) is 0 Å². The average molecular weight is 310 g/mol. The Bertz CT molecular complexity index is 778. The van der Waals surface area contributed by atoms with Crippen LogP contribution >= 0.6 is 0 Å². The molecule has 0 saturated carbocycles. The van der Waals surface area contributed by atoms with E-state index in [1.807, 2.05) is 30.3 Å². The van der Waals surface area contributed by atoms with Crippen LogP contribution in [0.4, 0.5) is 4.39 Å². The third-order valence-corrected chi connectivity index (χ3v) is 4.49. The van der Waals surface area contributed by atoms with Crippen LogP contribution in [0.1, 0.15) is 29.5 Å². The van der Waals surface area contributed by atoms with Crippen molar-refractivity contribution in [1.29, 1.82) is 0 Å². The number of fused-ring (bicyclic) bond motifs is 1. The quantitative estimate of drug-likeness (QED) is 0.722. The molecule has 23 heavy (non-hydrogen) atoms. The van der Waals surface area contributed by atoms with Gasteiger partial charge in [-0.1, -0.05) is 18.2 Å². The molecule has 0 spiro atoms. The molecular formula is C19H19FN2O. The molecule has 1 aromatic carbocycles. The van der Waals surface area contributed by atoms with Crippen LogP contribution < -0.4 is 0 Å². The normalized spacial score (nSPS) is 18.6. The summed E-state index contributed by atoms with van der Waals surface area (Å²) in [7, 11) is 0. The van der Waals surface area contributed by atoms with Gasteiger partial charge in [0.1, 0.15) is 11.6 Å². The molecule has 1 aliphatic rings. The molecule has 1 atom stereocenters. The van der Waals surface area contributed by atoms with E-state index in [0.717, 1.165) is 36.5 Å². The minimum atomic E-state index is -0.156. The molecule has 0 bridgehead atoms. The van der Waals surface area contributed by atoms with E-state index in [4.69, 9.17) is 4.42 Å². The summed E-state index contributed by atoms with van der Waals surface area (Å²) in [6.07, 6.45) is 4.81. The Balaban J connectivity index is 1.79. The van der Waals surface area contributed by atoms with Crippen LogP contribution in [0.5, 0.6) is 0 Å². The number of benzene rings is 1. The van der Waals surface area contributed by atoms with Gasteiger partial charge in [0.05, 0.1) is 18.8 Å². The molecule has 0 N–H and O–H groups in total. The van der Waals surface area contributed by atoms with Crippen LogP contribution in [0.25, 0.3) is 0 Å². The van der Waals surface area contributed by atoms with Crippen molar-refractivity contribution in [1.82, 2.24) is 9.47 Å². The molecule has 0 fully saturated rings. The largest absolute Gasteiger partial charge is 0.468 e. The van der Waals surface area contributed by atoms with Crippen LogP contribution in [-0.4, -0.2) is 16.0 Å². The molecule has 3 aromatic rings. The van der Waals surface area contributed by atoms with Crippen LogP contribution in [0, 0.1) is 5.82 Å². The average Bonchev–Trinajstić information content (AvgIpc) is 3.19. The maximum Gasteiger partial charge on any atom is 0.128 e. The SMILES string of the molecule is Fc1ccccc1C1c2cccn2CCCN1Cc1ccco1. The van der Waals surface area contributed by atoms with Gasteiger partial charge in [0.15, 0.2) is 0 Å². The molecule has 3 heterocycles. The highest BCUT2D eigenvalue weighted by atomic mass is 19.1. The summed E-state index contributed by atoms with van der Waals surface area (Å²) in [6, 6.07) is 15.0. The molecule has 0 aliphatic carbocycles. The van der Waals surface area contributed by atoms with Crippen molar-refractivity contribution in [2.75, 3.05) is 6.54 Å². The molecule has 118 valence electrons. The molecule has 1 unspecified atom stereocenters. The Kier molecular flexibility index (Phi) is 3.75. The minimum absolute atomic E-state index is 0.0983. The Labute approximate surface area is 135 Å². The van der Waals surface area contributed by atoms with Crippen molar-refractivity contribution in [2.24, 2.45) is 0 Å². The number of halogens is 1. The monoisotopic (exact) mass is 310 g/mol. The van der Waals surface area contributed by atoms with E-state index in [1.54, 1.807) is 18.4 Å². The number of furan rings is 1. The maximum atomic E-state index is 14.5. The van der Waals surface area contributed by atoms with E-state index in [-0.39, 0.29) is 11.9 Å². The fraction of sp³-hybridized carbons (Fsp3) is 0.263. The summed E-state index contributed by atoms with van der Waals surface area (Å²) in [4.78, 5) is 2.30. The van der Waals surface area contributed by atoms with Gasteiger partial charge in [-0.05, 0) is 36.8 Å². The third-order valence-electron chi connectivity index (χ3n) is 4.49. The Morgan fingerprint density at radius 3 is 2.78 bits per heavy atom. The van der Waals surface area contributed by atoms with Gasteiger partial charge in [-0.2, -0.15) is 0 Å². The van der Waals surface area contributed by atoms with Gasteiger partial charge in [0, 0.05) is 30.5 Å². The molecule has 0 saturated heterocycles. The lowest BCUT2D eigenvalue weighted by atomic mass is 10.0. The van der Waals surface area contributed by atoms with Crippen molar-refractivity contribution >= 4 is 0 Å². The fourth-order valence-electron chi connectivity index (χ4n) is 3.47. The molecular weight excluding hydrogens is 291 g/mol. The topological polar surface area (TPSA) is 21.3 Å². The van der Waals surface area contributed by atoms with Gasteiger partial charge in [0.25, 0.3) is 0 Å². The molecule has 1 aliphatic heterocycles. The van der Waals surface area contributed by atoms with E-state index in [2.05, 4.69) is 21.7 Å². The van der Waals surface area contributed by atoms with Crippen molar-refractivity contribution in [2.45, 2.75) is 25.6 Å². The molecule has 4 heteroatoms. The standard InChI is InChI=1S/C19H19FN2O/c20-17-8-2-1-7-16(17)19-18-9-3-10-21(18)11-5-12-22(19)14-15-6-4-13-23-15/h1-4,6-10,13,19H,5,11-12,14H2. The van der Waals surface area contributed by atoms with Gasteiger partial charge in [-0.3, -0.25) is 4.90 Å². The molecule has 0 amide bonds. The molecule has 0 radical (unpaired) electrons. The Hall–Kier alpha value is -2.33. The van der Waals surface area contributed by atoms with Crippen LogP contribution in [0.15, 0.2) is 65.4 Å². The summed E-state index contributed by atoms with van der Waals surface area (Å²) in [5.41, 5.74) is 1.86. The van der Waals surface area contributed by atoms with Crippen LogP contribution in [0.3, 0.4) is 0 Å². The summed E-state index contributed by atoms with van der Waals surface area (Å²) in [6.45, 7) is 2.54. The zero-order valence-electron chi connectivity index (χ0n) is 12.9. The first-order valence-electron chi connectivity index (χ1n) is 7.99. The second-order valence-corrected chi connectivity index (χ2v) is 5.95. The highest BCUT2D eigenvalue weighted by molar-refractivity contribution is 5.31. The number of rotatable bonds is 3. The van der Waals surface area contributed by atoms with Crippen molar-refractivity contribution < 1.29 is 8.81 Å². The van der Waals surface area contributed by atoms with E-state index in [9.17, 15) is 4.39 Å². The predicted molar refractivity (Wildman–Crippen MR) is 86.4 cm³/mol. The molecule has 2 aromatic heterocycles. The van der Waals surface area contributed by atoms with Crippen molar-refractivity contribution in [3.8, 4) is 0 Å². The van der Waals surface area contributed by atoms with Crippen molar-refractivity contribution in [3.05, 3.63) is 83.8 Å². The number of hydrogen-bond acceptors (Lipinski definition) is 2. The minimum Gasteiger partial charge on any atom is -0.468 e. The predicted octanol–water partition coefficient (Wildman–Crippen LogP) is 4.22. The maximum absolute atomic E-state index is 14.5. The Morgan fingerprint density at radius 2 is 1.96 bits per heavy atom. The highest BCUT2D eigenvalue weighted by Gasteiger charge is 2.29. The summed E-state index contributed by atoms with van der Waals surface area (Å²) in [5.74, 6) is 0.753. The summed E-state index contributed by atoms with van der Waals surface area (Å²) < 4.78 is 22.3. The first kappa shape index (κ1) is 14.3. The van der Waals surface area contributed by atoms with Crippen LogP contribution in [-0.2, 0) is 13.1 Å². The van der Waals surface area contributed by atoms with Crippen molar-refractivity contribution in [3.63, 3.8) is 0 Å². The zero-order chi connectivity index (χ0) is 15.6. The molecule has 3 nitrogen and oxygen atoms in total. The van der Waals surface area contributed by atoms with E-state index in [0.29, 0.717) is 6.54 Å². The Morgan fingerprint density at radius 1 is 1.04 bits per heavy atom. The lowest BCUT2D eigenvalue weighted by Gasteiger charge is -2.30. The number of nitrogens with zero attached hydrogens (tertiary/aromatic N) is 2. The highest BCUT2D eigenvalue weighted by Crippen LogP contribution is 2.34. The second kappa shape index (κ2) is 6.05. The number of hydrogen-bond donors (Lipinski definition) is 0. The fourth-order valence-corrected chi connectivity index (χ4v) is 3.47. The van der Waals surface area contributed by atoms with Gasteiger partial charge >= 0.3 is 0 Å². The van der Waals surface area contributed by atoms with Gasteiger partial charge in [-0.25, -0.2) is 4.39 Å². The molecule has 4 rings (SSSR count). The lowest BCUT2D eigenvalue weighted by molar-refractivity contribution is 0.200. The lowest BCUT2D eigenvalue weighted by Crippen LogP contribution is -2.30. The van der Waals surface area contributed by atoms with Crippen LogP contribution in [0.2, 0.25) is 0 Å². The summed E-state index contributed by atoms with van der Waals surface area (Å²) >= 11 is 0. The van der Waals surface area contributed by atoms with Gasteiger partial charge < -0.3 is 8.98 Å². The van der Waals surface area contributed by atoms with E-state index < -0.39 is 0 Å².